The lowest BCUT2D eigenvalue weighted by Gasteiger charge is -2.18. The smallest absolute Gasteiger partial charge is 0.191 e. The van der Waals surface area contributed by atoms with E-state index < -0.39 is 6.10 Å². The molecule has 27 heavy (non-hydrogen) atoms. The number of guanidine groups is 1. The lowest BCUT2D eigenvalue weighted by molar-refractivity contribution is 0.180. The number of aliphatic hydroxyl groups is 1. The summed E-state index contributed by atoms with van der Waals surface area (Å²) < 4.78 is 1.15. The maximum Gasteiger partial charge on any atom is 0.191 e. The predicted molar refractivity (Wildman–Crippen MR) is 124 cm³/mol. The van der Waals surface area contributed by atoms with Gasteiger partial charge in [-0.1, -0.05) is 34.1 Å². The second-order valence-electron chi connectivity index (χ2n) is 6.63. The van der Waals surface area contributed by atoms with Crippen LogP contribution in [-0.4, -0.2) is 35.7 Å². The van der Waals surface area contributed by atoms with Crippen molar-refractivity contribution >= 4 is 45.9 Å². The lowest BCUT2D eigenvalue weighted by atomic mass is 9.96. The Balaban J connectivity index is 0.00000261. The van der Waals surface area contributed by atoms with E-state index in [2.05, 4.69) is 49.7 Å². The van der Waals surface area contributed by atoms with Crippen molar-refractivity contribution < 1.29 is 5.11 Å². The van der Waals surface area contributed by atoms with Gasteiger partial charge in [-0.3, -0.25) is 9.98 Å². The number of benzene rings is 1. The van der Waals surface area contributed by atoms with Gasteiger partial charge in [-0.15, -0.1) is 24.0 Å². The molecule has 1 fully saturated rings. The number of hydrogen-bond acceptors (Lipinski definition) is 3. The van der Waals surface area contributed by atoms with E-state index in [1.54, 1.807) is 12.4 Å². The van der Waals surface area contributed by atoms with Crippen molar-refractivity contribution in [2.75, 3.05) is 19.6 Å². The Hall–Kier alpha value is -1.19. The van der Waals surface area contributed by atoms with E-state index in [0.717, 1.165) is 41.9 Å². The molecule has 1 atom stereocenters. The van der Waals surface area contributed by atoms with E-state index in [1.165, 1.54) is 5.56 Å². The number of rotatable bonds is 7. The molecular weight excluding hydrogens is 519 g/mol. The van der Waals surface area contributed by atoms with Gasteiger partial charge in [0.2, 0.25) is 0 Å². The Labute approximate surface area is 186 Å². The molecule has 1 aliphatic carbocycles. The summed E-state index contributed by atoms with van der Waals surface area (Å²) in [6.45, 7) is 3.95. The Bertz CT molecular complexity index is 753. The van der Waals surface area contributed by atoms with Crippen molar-refractivity contribution in [1.82, 2.24) is 15.6 Å². The van der Waals surface area contributed by atoms with Gasteiger partial charge >= 0.3 is 0 Å². The minimum absolute atomic E-state index is 0. The normalized spacial score (nSPS) is 16.2. The molecule has 0 amide bonds. The molecule has 5 nitrogen and oxygen atoms in total. The topological polar surface area (TPSA) is 69.5 Å². The van der Waals surface area contributed by atoms with Gasteiger partial charge in [0.25, 0.3) is 0 Å². The maximum atomic E-state index is 10.3. The lowest BCUT2D eigenvalue weighted by Crippen LogP contribution is -2.40. The van der Waals surface area contributed by atoms with Crippen LogP contribution < -0.4 is 10.6 Å². The molecule has 0 spiro atoms. The van der Waals surface area contributed by atoms with Crippen LogP contribution in [0.1, 0.15) is 37.0 Å². The highest BCUT2D eigenvalue weighted by molar-refractivity contribution is 14.0. The molecule has 0 radical (unpaired) electrons. The second kappa shape index (κ2) is 10.4. The zero-order chi connectivity index (χ0) is 18.4. The largest absolute Gasteiger partial charge is 0.387 e. The van der Waals surface area contributed by atoms with E-state index in [9.17, 15) is 5.11 Å². The number of nitrogens with one attached hydrogen (secondary N) is 2. The van der Waals surface area contributed by atoms with Crippen LogP contribution in [0.3, 0.4) is 0 Å². The fraction of sp³-hybridized carbons (Fsp3) is 0.400. The zero-order valence-electron chi connectivity index (χ0n) is 15.4. The van der Waals surface area contributed by atoms with Crippen molar-refractivity contribution in [3.05, 3.63) is 64.4 Å². The average molecular weight is 545 g/mol. The Morgan fingerprint density at radius 2 is 1.93 bits per heavy atom. The molecule has 1 aromatic carbocycles. The highest BCUT2D eigenvalue weighted by Gasteiger charge is 2.45. The Morgan fingerprint density at radius 1 is 1.22 bits per heavy atom. The van der Waals surface area contributed by atoms with Crippen LogP contribution in [0.15, 0.2) is 58.3 Å². The summed E-state index contributed by atoms with van der Waals surface area (Å²) in [5.41, 5.74) is 2.30. The summed E-state index contributed by atoms with van der Waals surface area (Å²) in [5.74, 6) is 0.735. The minimum Gasteiger partial charge on any atom is -0.387 e. The molecule has 3 rings (SSSR count). The first-order valence-corrected chi connectivity index (χ1v) is 9.79. The first kappa shape index (κ1) is 22.1. The molecule has 7 heteroatoms. The number of aromatic nitrogens is 1. The van der Waals surface area contributed by atoms with Crippen molar-refractivity contribution in [3.63, 3.8) is 0 Å². The van der Waals surface area contributed by atoms with Gasteiger partial charge in [0, 0.05) is 35.4 Å². The number of pyridine rings is 1. The van der Waals surface area contributed by atoms with Crippen LogP contribution in [0.2, 0.25) is 0 Å². The molecule has 146 valence electrons. The average Bonchev–Trinajstić information content (AvgIpc) is 3.46. The number of nitrogens with zero attached hydrogens (tertiary/aromatic N) is 2. The van der Waals surface area contributed by atoms with Crippen molar-refractivity contribution in [3.8, 4) is 0 Å². The minimum atomic E-state index is -0.597. The van der Waals surface area contributed by atoms with Crippen molar-refractivity contribution in [2.45, 2.75) is 31.3 Å². The van der Waals surface area contributed by atoms with E-state index in [4.69, 9.17) is 4.99 Å². The highest BCUT2D eigenvalue weighted by Crippen LogP contribution is 2.50. The van der Waals surface area contributed by atoms with Gasteiger partial charge in [-0.25, -0.2) is 0 Å². The van der Waals surface area contributed by atoms with Gasteiger partial charge in [0.05, 0.1) is 12.6 Å². The summed E-state index contributed by atoms with van der Waals surface area (Å²) >= 11 is 3.67. The summed E-state index contributed by atoms with van der Waals surface area (Å²) in [6.07, 6.45) is 5.08. The zero-order valence-corrected chi connectivity index (χ0v) is 19.3. The maximum absolute atomic E-state index is 10.3. The molecule has 0 saturated heterocycles. The van der Waals surface area contributed by atoms with Crippen molar-refractivity contribution in [1.29, 1.82) is 0 Å². The molecular formula is C20H26BrIN4O. The third-order valence-corrected chi connectivity index (χ3v) is 5.43. The van der Waals surface area contributed by atoms with Crippen LogP contribution >= 0.6 is 39.9 Å². The van der Waals surface area contributed by atoms with Crippen LogP contribution in [0.4, 0.5) is 0 Å². The third kappa shape index (κ3) is 5.89. The van der Waals surface area contributed by atoms with Crippen LogP contribution in [0, 0.1) is 0 Å². The summed E-state index contributed by atoms with van der Waals surface area (Å²) in [4.78, 5) is 8.76. The molecule has 1 unspecified atom stereocenters. The Morgan fingerprint density at radius 3 is 2.56 bits per heavy atom. The fourth-order valence-corrected chi connectivity index (χ4v) is 3.73. The predicted octanol–water partition coefficient (Wildman–Crippen LogP) is 3.78. The SMILES string of the molecule is CCNC(=NCC1(c2ccccc2Br)CC1)NCC(O)c1ccncc1.I. The number of hydrogen-bond donors (Lipinski definition) is 3. The van der Waals surface area contributed by atoms with Crippen molar-refractivity contribution in [2.24, 2.45) is 4.99 Å². The van der Waals surface area contributed by atoms with E-state index in [1.807, 2.05) is 25.1 Å². The quantitative estimate of drug-likeness (QED) is 0.282. The monoisotopic (exact) mass is 544 g/mol. The first-order chi connectivity index (χ1) is 12.6. The van der Waals surface area contributed by atoms with Crippen LogP contribution in [0.5, 0.6) is 0 Å². The third-order valence-electron chi connectivity index (χ3n) is 4.74. The molecule has 0 bridgehead atoms. The molecule has 1 aromatic heterocycles. The van der Waals surface area contributed by atoms with Gasteiger partial charge < -0.3 is 15.7 Å². The van der Waals surface area contributed by atoms with Crippen LogP contribution in [-0.2, 0) is 5.41 Å². The fourth-order valence-electron chi connectivity index (χ4n) is 3.02. The molecule has 0 aliphatic heterocycles. The molecule has 1 saturated carbocycles. The van der Waals surface area contributed by atoms with Gasteiger partial charge in [0.1, 0.15) is 0 Å². The van der Waals surface area contributed by atoms with E-state index >= 15 is 0 Å². The van der Waals surface area contributed by atoms with Crippen LogP contribution in [0.25, 0.3) is 0 Å². The van der Waals surface area contributed by atoms with Gasteiger partial charge in [-0.2, -0.15) is 0 Å². The molecule has 1 aliphatic rings. The standard InChI is InChI=1S/C20H25BrN4O.HI/c1-2-23-19(24-13-18(26)15-7-11-22-12-8-15)25-14-20(9-10-20)16-5-3-4-6-17(16)21;/h3-8,11-12,18,26H,2,9-10,13-14H2,1H3,(H2,23,24,25);1H. The van der Waals surface area contributed by atoms with Gasteiger partial charge in [-0.05, 0) is 49.1 Å². The Kier molecular flexibility index (Phi) is 8.50. The highest BCUT2D eigenvalue weighted by atomic mass is 127. The summed E-state index contributed by atoms with van der Waals surface area (Å²) in [6, 6.07) is 12.0. The molecule has 3 N–H and O–H groups in total. The second-order valence-corrected chi connectivity index (χ2v) is 7.49. The first-order valence-electron chi connectivity index (χ1n) is 9.00. The molecule has 2 aromatic rings. The summed E-state index contributed by atoms with van der Waals surface area (Å²) in [7, 11) is 0. The number of halogens is 2. The number of aliphatic hydroxyl groups excluding tert-OH is 1. The van der Waals surface area contributed by atoms with Gasteiger partial charge in [0.15, 0.2) is 5.96 Å². The number of aliphatic imine (C=N–C) groups is 1. The van der Waals surface area contributed by atoms with E-state index in [-0.39, 0.29) is 29.4 Å². The summed E-state index contributed by atoms with van der Waals surface area (Å²) in [5, 5.41) is 16.8. The molecule has 1 heterocycles. The van der Waals surface area contributed by atoms with E-state index in [0.29, 0.717) is 6.54 Å².